The molecule has 1 saturated heterocycles. The molecule has 22 heteroatoms. The van der Waals surface area contributed by atoms with E-state index in [1.165, 1.54) is 6.07 Å². The lowest BCUT2D eigenvalue weighted by molar-refractivity contribution is -0.0816. The number of aromatic nitrogens is 3. The fourth-order valence-electron chi connectivity index (χ4n) is 3.38. The first-order valence-corrected chi connectivity index (χ1v) is 13.7. The van der Waals surface area contributed by atoms with Crippen molar-refractivity contribution >= 4 is 40.4 Å². The SMILES string of the molecule is C[C@H](OP(=O)(O)OP(=O)(O)OP(=O)(O)O)[C@H]1O[C@@H](n2ccc3c(=O)[nH]c(N)nc32)C(F)(CF)[C@H]1O. The summed E-state index contributed by atoms with van der Waals surface area (Å²) in [4.78, 5) is 54.0. The molecule has 1 aliphatic heterocycles. The van der Waals surface area contributed by atoms with Gasteiger partial charge in [-0.1, -0.05) is 0 Å². The van der Waals surface area contributed by atoms with E-state index in [9.17, 15) is 37.8 Å². The van der Waals surface area contributed by atoms with E-state index in [1.54, 1.807) is 0 Å². The van der Waals surface area contributed by atoms with Crippen LogP contribution in [0.1, 0.15) is 13.2 Å². The van der Waals surface area contributed by atoms with Crippen molar-refractivity contribution in [2.45, 2.75) is 37.1 Å². The Labute approximate surface area is 192 Å². The Balaban J connectivity index is 1.88. The molecule has 0 amide bonds. The first-order valence-electron chi connectivity index (χ1n) is 9.16. The zero-order valence-electron chi connectivity index (χ0n) is 17.2. The third kappa shape index (κ3) is 5.88. The van der Waals surface area contributed by atoms with Crippen molar-refractivity contribution < 1.29 is 65.0 Å². The van der Waals surface area contributed by atoms with Gasteiger partial charge >= 0.3 is 23.5 Å². The number of aliphatic hydroxyl groups is 1. The van der Waals surface area contributed by atoms with Crippen LogP contribution in [0.15, 0.2) is 17.1 Å². The summed E-state index contributed by atoms with van der Waals surface area (Å²) in [6.07, 6.45) is -7.10. The van der Waals surface area contributed by atoms with Gasteiger partial charge in [0, 0.05) is 6.20 Å². The van der Waals surface area contributed by atoms with E-state index in [1.807, 2.05) is 0 Å². The number of phosphoric ester groups is 1. The number of aliphatic hydroxyl groups excluding tert-OH is 1. The maximum Gasteiger partial charge on any atom is 0.490 e. The molecule has 0 aliphatic carbocycles. The van der Waals surface area contributed by atoms with Crippen molar-refractivity contribution in [3.63, 3.8) is 0 Å². The lowest BCUT2D eigenvalue weighted by Crippen LogP contribution is -2.46. The molecule has 0 radical (unpaired) electrons. The molecule has 2 aromatic rings. The van der Waals surface area contributed by atoms with Crippen LogP contribution in [0.5, 0.6) is 0 Å². The summed E-state index contributed by atoms with van der Waals surface area (Å²) >= 11 is 0. The summed E-state index contributed by atoms with van der Waals surface area (Å²) in [5.41, 5.74) is 1.29. The largest absolute Gasteiger partial charge is 0.490 e. The summed E-state index contributed by atoms with van der Waals surface area (Å²) < 4.78 is 81.4. The molecular formula is C13H19F2N4O13P3. The Hall–Kier alpha value is -1.59. The highest BCUT2D eigenvalue weighted by atomic mass is 31.3. The van der Waals surface area contributed by atoms with Gasteiger partial charge in [-0.05, 0) is 13.0 Å². The number of halogens is 2. The average molecular weight is 570 g/mol. The van der Waals surface area contributed by atoms with Crippen LogP contribution in [0.25, 0.3) is 11.0 Å². The van der Waals surface area contributed by atoms with Crippen LogP contribution >= 0.6 is 23.5 Å². The van der Waals surface area contributed by atoms with Crippen LogP contribution in [0.2, 0.25) is 0 Å². The number of anilines is 1. The predicted molar refractivity (Wildman–Crippen MR) is 109 cm³/mol. The van der Waals surface area contributed by atoms with Crippen LogP contribution in [-0.4, -0.2) is 69.9 Å². The number of fused-ring (bicyclic) bond motifs is 1. The molecule has 198 valence electrons. The first-order chi connectivity index (χ1) is 15.9. The predicted octanol–water partition coefficient (Wildman–Crippen LogP) is -0.0253. The number of rotatable bonds is 9. The van der Waals surface area contributed by atoms with Gasteiger partial charge in [-0.25, -0.2) is 22.5 Å². The third-order valence-corrected chi connectivity index (χ3v) is 8.66. The molecule has 0 spiro atoms. The zero-order chi connectivity index (χ0) is 26.6. The molecule has 8 N–H and O–H groups in total. The van der Waals surface area contributed by atoms with Gasteiger partial charge in [0.25, 0.3) is 5.56 Å². The van der Waals surface area contributed by atoms with E-state index in [0.29, 0.717) is 0 Å². The van der Waals surface area contributed by atoms with E-state index in [2.05, 4.69) is 23.1 Å². The number of nitrogen functional groups attached to an aromatic ring is 1. The number of nitrogens with zero attached hydrogens (tertiary/aromatic N) is 2. The van der Waals surface area contributed by atoms with Crippen molar-refractivity contribution in [3.05, 3.63) is 22.6 Å². The number of aromatic amines is 1. The number of alkyl halides is 2. The van der Waals surface area contributed by atoms with Gasteiger partial charge < -0.3 is 39.7 Å². The molecule has 1 fully saturated rings. The van der Waals surface area contributed by atoms with E-state index >= 15 is 4.39 Å². The fraction of sp³-hybridized carbons (Fsp3) is 0.538. The summed E-state index contributed by atoms with van der Waals surface area (Å²) in [7, 11) is -17.2. The molecular weight excluding hydrogens is 551 g/mol. The van der Waals surface area contributed by atoms with Crippen molar-refractivity contribution in [1.82, 2.24) is 14.5 Å². The maximum atomic E-state index is 15.6. The van der Waals surface area contributed by atoms with Gasteiger partial charge in [0.2, 0.25) is 11.6 Å². The molecule has 7 atom stereocenters. The molecule has 17 nitrogen and oxygen atoms in total. The highest BCUT2D eigenvalue weighted by molar-refractivity contribution is 7.66. The van der Waals surface area contributed by atoms with E-state index in [4.69, 9.17) is 20.3 Å². The van der Waals surface area contributed by atoms with E-state index in [-0.39, 0.29) is 17.0 Å². The van der Waals surface area contributed by atoms with Gasteiger partial charge in [0.1, 0.15) is 18.9 Å². The van der Waals surface area contributed by atoms with Gasteiger partial charge in [-0.2, -0.15) is 13.6 Å². The lowest BCUT2D eigenvalue weighted by atomic mass is 9.95. The van der Waals surface area contributed by atoms with Crippen LogP contribution in [0, 0.1) is 0 Å². The van der Waals surface area contributed by atoms with Crippen molar-refractivity contribution in [2.24, 2.45) is 0 Å². The van der Waals surface area contributed by atoms with Gasteiger partial charge in [-0.3, -0.25) is 14.3 Å². The summed E-state index contributed by atoms with van der Waals surface area (Å²) in [5.74, 6) is -0.372. The minimum absolute atomic E-state index is 0.0942. The smallest absolute Gasteiger partial charge is 0.387 e. The Morgan fingerprint density at radius 3 is 2.49 bits per heavy atom. The minimum atomic E-state index is -5.85. The van der Waals surface area contributed by atoms with Crippen molar-refractivity contribution in [2.75, 3.05) is 12.4 Å². The summed E-state index contributed by atoms with van der Waals surface area (Å²) in [6.45, 7) is -0.947. The third-order valence-electron chi connectivity index (χ3n) is 4.73. The van der Waals surface area contributed by atoms with Crippen molar-refractivity contribution in [3.8, 4) is 0 Å². The fourth-order valence-corrected chi connectivity index (χ4v) is 6.58. The van der Waals surface area contributed by atoms with E-state index < -0.39 is 65.9 Å². The maximum absolute atomic E-state index is 15.6. The highest BCUT2D eigenvalue weighted by Crippen LogP contribution is 2.66. The van der Waals surface area contributed by atoms with Crippen LogP contribution in [0.3, 0.4) is 0 Å². The first kappa shape index (κ1) is 28.0. The van der Waals surface area contributed by atoms with E-state index in [0.717, 1.165) is 17.7 Å². The minimum Gasteiger partial charge on any atom is -0.387 e. The molecule has 3 heterocycles. The monoisotopic (exact) mass is 570 g/mol. The normalized spacial score (nSPS) is 29.7. The number of phosphoric acid groups is 3. The number of nitrogens with one attached hydrogen (secondary N) is 1. The van der Waals surface area contributed by atoms with Crippen LogP contribution in [0.4, 0.5) is 14.7 Å². The number of nitrogens with two attached hydrogens (primary N) is 1. The molecule has 0 bridgehead atoms. The Kier molecular flexibility index (Phi) is 7.49. The Morgan fingerprint density at radius 2 is 1.91 bits per heavy atom. The average Bonchev–Trinajstić information content (AvgIpc) is 3.18. The number of H-pyrrole nitrogens is 1. The molecule has 3 unspecified atom stereocenters. The van der Waals surface area contributed by atoms with Gasteiger partial charge in [-0.15, -0.1) is 0 Å². The Morgan fingerprint density at radius 1 is 1.29 bits per heavy atom. The molecule has 2 aromatic heterocycles. The Bertz CT molecular complexity index is 1320. The molecule has 0 aromatic carbocycles. The number of hydrogen-bond donors (Lipinski definition) is 7. The molecule has 1 aliphatic rings. The molecule has 3 rings (SSSR count). The van der Waals surface area contributed by atoms with Gasteiger partial charge in [0.05, 0.1) is 11.5 Å². The lowest BCUT2D eigenvalue weighted by Gasteiger charge is -2.27. The summed E-state index contributed by atoms with van der Waals surface area (Å²) in [5, 5.41) is 10.3. The second-order valence-electron chi connectivity index (χ2n) is 7.27. The number of ether oxygens (including phenoxy) is 1. The summed E-state index contributed by atoms with van der Waals surface area (Å²) in [6, 6.07) is 1.18. The zero-order valence-corrected chi connectivity index (χ0v) is 19.9. The molecule has 0 saturated carbocycles. The van der Waals surface area contributed by atoms with Crippen molar-refractivity contribution in [1.29, 1.82) is 0 Å². The second kappa shape index (κ2) is 9.37. The highest BCUT2D eigenvalue weighted by Gasteiger charge is 2.61. The van der Waals surface area contributed by atoms with Crippen LogP contribution in [-0.2, 0) is 31.6 Å². The second-order valence-corrected chi connectivity index (χ2v) is 11.6. The van der Waals surface area contributed by atoms with Crippen LogP contribution < -0.4 is 11.3 Å². The quantitative estimate of drug-likeness (QED) is 0.195. The molecule has 35 heavy (non-hydrogen) atoms. The van der Waals surface area contributed by atoms with Gasteiger partial charge in [0.15, 0.2) is 11.9 Å². The number of hydrogen-bond acceptors (Lipinski definition) is 11. The topological polar surface area (TPSA) is 266 Å². The standard InChI is InChI=1S/C13H19F2N4O13P3/c1-5(30-34(25,26)32-35(27,28)31-33(22,23)24)7-8(20)13(15,4-14)11(29-7)19-3-2-6-9(19)17-12(16)18-10(6)21/h2-3,5,7-8,11,20H,4H2,1H3,(H,25,26)(H,27,28)(H2,22,23,24)(H3,16,17,18,21)/t5-,7+,8-,11+,13?/m0/s1.